The van der Waals surface area contributed by atoms with Gasteiger partial charge in [0.25, 0.3) is 0 Å². The monoisotopic (exact) mass is 214 g/mol. The molecule has 0 heteroatoms. The summed E-state index contributed by atoms with van der Waals surface area (Å²) in [4.78, 5) is 0. The Labute approximate surface area is 99.1 Å². The number of allylic oxidation sites excluding steroid dienone is 6. The van der Waals surface area contributed by atoms with Gasteiger partial charge >= 0.3 is 0 Å². The predicted octanol–water partition coefficient (Wildman–Crippen LogP) is 4.65. The standard InChI is InChI=1S/C16H22/c1-11-6-5-9-14(11)16-12(2)10-13-7-3-4-8-15(13)16/h5,8-9,11,13-14H,3-4,6-7,10H2,1-2H3. The van der Waals surface area contributed by atoms with Crippen LogP contribution in [0, 0.1) is 17.8 Å². The Morgan fingerprint density at radius 3 is 2.94 bits per heavy atom. The van der Waals surface area contributed by atoms with Crippen LogP contribution < -0.4 is 0 Å². The highest BCUT2D eigenvalue weighted by Crippen LogP contribution is 2.48. The van der Waals surface area contributed by atoms with E-state index in [4.69, 9.17) is 0 Å². The number of hydrogen-bond donors (Lipinski definition) is 0. The van der Waals surface area contributed by atoms with Gasteiger partial charge in [-0.1, -0.05) is 30.7 Å². The molecule has 0 aromatic carbocycles. The SMILES string of the molecule is CC1=C(C2C=CCC2C)C2=CCCCC2C1. The molecule has 3 unspecified atom stereocenters. The Morgan fingerprint density at radius 1 is 1.31 bits per heavy atom. The van der Waals surface area contributed by atoms with Gasteiger partial charge in [0.15, 0.2) is 0 Å². The maximum Gasteiger partial charge on any atom is 0.00487 e. The molecule has 16 heavy (non-hydrogen) atoms. The van der Waals surface area contributed by atoms with Crippen molar-refractivity contribution in [2.75, 3.05) is 0 Å². The highest BCUT2D eigenvalue weighted by molar-refractivity contribution is 5.47. The van der Waals surface area contributed by atoms with Crippen LogP contribution in [0.25, 0.3) is 0 Å². The van der Waals surface area contributed by atoms with Crippen LogP contribution in [0.2, 0.25) is 0 Å². The van der Waals surface area contributed by atoms with Crippen LogP contribution in [0.3, 0.4) is 0 Å². The van der Waals surface area contributed by atoms with E-state index in [9.17, 15) is 0 Å². The number of hydrogen-bond acceptors (Lipinski definition) is 0. The summed E-state index contributed by atoms with van der Waals surface area (Å²) in [6, 6.07) is 0. The Hall–Kier alpha value is -0.780. The predicted molar refractivity (Wildman–Crippen MR) is 69.2 cm³/mol. The highest BCUT2D eigenvalue weighted by Gasteiger charge is 2.34. The lowest BCUT2D eigenvalue weighted by molar-refractivity contribution is 0.501. The minimum Gasteiger partial charge on any atom is -0.0876 e. The van der Waals surface area contributed by atoms with Gasteiger partial charge in [-0.05, 0) is 62.0 Å². The highest BCUT2D eigenvalue weighted by atomic mass is 14.4. The topological polar surface area (TPSA) is 0 Å². The second kappa shape index (κ2) is 3.91. The lowest BCUT2D eigenvalue weighted by Crippen LogP contribution is -2.12. The average molecular weight is 214 g/mol. The zero-order valence-electron chi connectivity index (χ0n) is 10.5. The maximum atomic E-state index is 2.54. The fourth-order valence-corrected chi connectivity index (χ4v) is 3.85. The van der Waals surface area contributed by atoms with Gasteiger partial charge in [-0.3, -0.25) is 0 Å². The normalized spacial score (nSPS) is 37.9. The molecule has 0 aliphatic heterocycles. The first-order valence-electron chi connectivity index (χ1n) is 6.84. The van der Waals surface area contributed by atoms with E-state index in [0.717, 1.165) is 17.8 Å². The lowest BCUT2D eigenvalue weighted by Gasteiger charge is -2.24. The third kappa shape index (κ3) is 1.50. The molecule has 0 fully saturated rings. The molecule has 0 aromatic heterocycles. The summed E-state index contributed by atoms with van der Waals surface area (Å²) in [5, 5.41) is 0. The minimum absolute atomic E-state index is 0.731. The fraction of sp³-hybridized carbons (Fsp3) is 0.625. The van der Waals surface area contributed by atoms with Crippen molar-refractivity contribution in [2.45, 2.75) is 46.0 Å². The zero-order valence-corrected chi connectivity index (χ0v) is 10.5. The molecule has 0 bridgehead atoms. The van der Waals surface area contributed by atoms with E-state index in [-0.39, 0.29) is 0 Å². The van der Waals surface area contributed by atoms with Crippen LogP contribution in [0.1, 0.15) is 46.0 Å². The van der Waals surface area contributed by atoms with E-state index >= 15 is 0 Å². The zero-order chi connectivity index (χ0) is 11.1. The van der Waals surface area contributed by atoms with Gasteiger partial charge in [0.05, 0.1) is 0 Å². The molecule has 0 saturated carbocycles. The number of fused-ring (bicyclic) bond motifs is 1. The molecule has 0 nitrogen and oxygen atoms in total. The Kier molecular flexibility index (Phi) is 2.53. The van der Waals surface area contributed by atoms with Crippen LogP contribution in [-0.2, 0) is 0 Å². The summed E-state index contributed by atoms with van der Waals surface area (Å²) >= 11 is 0. The van der Waals surface area contributed by atoms with Gasteiger partial charge in [0.1, 0.15) is 0 Å². The van der Waals surface area contributed by atoms with Crippen molar-refractivity contribution in [1.82, 2.24) is 0 Å². The van der Waals surface area contributed by atoms with E-state index < -0.39 is 0 Å². The van der Waals surface area contributed by atoms with Gasteiger partial charge in [-0.2, -0.15) is 0 Å². The lowest BCUT2D eigenvalue weighted by atomic mass is 9.81. The fourth-order valence-electron chi connectivity index (χ4n) is 3.85. The first-order chi connectivity index (χ1) is 7.77. The van der Waals surface area contributed by atoms with Crippen molar-refractivity contribution in [2.24, 2.45) is 17.8 Å². The molecule has 0 heterocycles. The first-order valence-corrected chi connectivity index (χ1v) is 6.84. The molecule has 3 atom stereocenters. The summed E-state index contributed by atoms with van der Waals surface area (Å²) in [5.74, 6) is 2.44. The van der Waals surface area contributed by atoms with Crippen LogP contribution in [0.4, 0.5) is 0 Å². The second-order valence-corrected chi connectivity index (χ2v) is 5.85. The van der Waals surface area contributed by atoms with Crippen LogP contribution in [0.15, 0.2) is 34.9 Å². The molecule has 0 aromatic rings. The van der Waals surface area contributed by atoms with E-state index in [1.165, 1.54) is 32.1 Å². The van der Waals surface area contributed by atoms with Crippen molar-refractivity contribution in [3.8, 4) is 0 Å². The van der Waals surface area contributed by atoms with Crippen molar-refractivity contribution in [3.63, 3.8) is 0 Å². The Bertz CT molecular complexity index is 381. The van der Waals surface area contributed by atoms with Crippen molar-refractivity contribution in [3.05, 3.63) is 34.9 Å². The van der Waals surface area contributed by atoms with Crippen molar-refractivity contribution < 1.29 is 0 Å². The van der Waals surface area contributed by atoms with Gasteiger partial charge < -0.3 is 0 Å². The molecule has 3 aliphatic rings. The van der Waals surface area contributed by atoms with E-state index in [2.05, 4.69) is 32.1 Å². The molecule has 0 amide bonds. The smallest absolute Gasteiger partial charge is 0.00487 e. The van der Waals surface area contributed by atoms with E-state index in [0.29, 0.717) is 0 Å². The summed E-state index contributed by atoms with van der Waals surface area (Å²) in [6.07, 6.45) is 14.2. The van der Waals surface area contributed by atoms with Crippen molar-refractivity contribution >= 4 is 0 Å². The third-order valence-electron chi connectivity index (χ3n) is 4.68. The maximum absolute atomic E-state index is 2.54. The third-order valence-corrected chi connectivity index (χ3v) is 4.68. The molecule has 3 aliphatic carbocycles. The molecule has 0 N–H and O–H groups in total. The molecule has 86 valence electrons. The Morgan fingerprint density at radius 2 is 2.19 bits per heavy atom. The summed E-state index contributed by atoms with van der Waals surface area (Å²) < 4.78 is 0. The molecular weight excluding hydrogens is 192 g/mol. The van der Waals surface area contributed by atoms with Crippen molar-refractivity contribution in [1.29, 1.82) is 0 Å². The van der Waals surface area contributed by atoms with E-state index in [1.54, 1.807) is 16.7 Å². The molecule has 0 radical (unpaired) electrons. The van der Waals surface area contributed by atoms with Gasteiger partial charge in [-0.25, -0.2) is 0 Å². The van der Waals surface area contributed by atoms with E-state index in [1.807, 2.05) is 0 Å². The molecule has 0 saturated heterocycles. The average Bonchev–Trinajstić information content (AvgIpc) is 2.81. The second-order valence-electron chi connectivity index (χ2n) is 5.85. The van der Waals surface area contributed by atoms with Crippen LogP contribution >= 0.6 is 0 Å². The van der Waals surface area contributed by atoms with Gasteiger partial charge in [-0.15, -0.1) is 0 Å². The molecule has 0 spiro atoms. The number of rotatable bonds is 1. The van der Waals surface area contributed by atoms with Crippen LogP contribution in [0.5, 0.6) is 0 Å². The summed E-state index contributed by atoms with van der Waals surface area (Å²) in [7, 11) is 0. The summed E-state index contributed by atoms with van der Waals surface area (Å²) in [5.41, 5.74) is 5.14. The van der Waals surface area contributed by atoms with Crippen LogP contribution in [-0.4, -0.2) is 0 Å². The quantitative estimate of drug-likeness (QED) is 0.558. The largest absolute Gasteiger partial charge is 0.0876 e. The van der Waals surface area contributed by atoms with Gasteiger partial charge in [0, 0.05) is 5.92 Å². The molecule has 3 rings (SSSR count). The molecular formula is C16H22. The first kappa shape index (κ1) is 10.4. The minimum atomic E-state index is 0.731. The Balaban J connectivity index is 1.96. The van der Waals surface area contributed by atoms with Gasteiger partial charge in [0.2, 0.25) is 0 Å². The summed E-state index contributed by atoms with van der Waals surface area (Å²) in [6.45, 7) is 4.77.